The molecule has 1 nitrogen and oxygen atoms in total. The highest BCUT2D eigenvalue weighted by Crippen LogP contribution is 2.46. The van der Waals surface area contributed by atoms with Gasteiger partial charge in [-0.3, -0.25) is 0 Å². The van der Waals surface area contributed by atoms with Crippen molar-refractivity contribution in [2.75, 3.05) is 4.90 Å². The number of nitrogens with zero attached hydrogens (tertiary/aromatic N) is 1. The summed E-state index contributed by atoms with van der Waals surface area (Å²) in [6, 6.07) is 71.5. The predicted octanol–water partition coefficient (Wildman–Crippen LogP) is 10.6. The molecule has 0 aliphatic carbocycles. The van der Waals surface area contributed by atoms with Crippen LogP contribution in [0.5, 0.6) is 0 Å². The van der Waals surface area contributed by atoms with E-state index in [-0.39, 0.29) is 6.71 Å². The highest BCUT2D eigenvalue weighted by Gasteiger charge is 2.41. The molecule has 232 valence electrons. The Morgan fingerprint density at radius 3 is 1.30 bits per heavy atom. The molecule has 0 fully saturated rings. The summed E-state index contributed by atoms with van der Waals surface area (Å²) < 4.78 is 0. The van der Waals surface area contributed by atoms with E-state index in [1.807, 2.05) is 0 Å². The molecule has 0 radical (unpaired) electrons. The van der Waals surface area contributed by atoms with Gasteiger partial charge in [0.05, 0.1) is 5.69 Å². The summed E-state index contributed by atoms with van der Waals surface area (Å²) in [7, 11) is 0. The molecule has 2 heteroatoms. The number of benzene rings is 8. The first-order valence-corrected chi connectivity index (χ1v) is 17.4. The van der Waals surface area contributed by atoms with E-state index in [0.29, 0.717) is 0 Å². The fourth-order valence-electron chi connectivity index (χ4n) is 8.48. The van der Waals surface area contributed by atoms with Crippen LogP contribution in [-0.4, -0.2) is 6.71 Å². The molecule has 8 aromatic carbocycles. The Morgan fingerprint density at radius 2 is 0.660 bits per heavy atom. The summed E-state index contributed by atoms with van der Waals surface area (Å²) in [5.74, 6) is 0. The second-order valence-electron chi connectivity index (χ2n) is 13.2. The van der Waals surface area contributed by atoms with Gasteiger partial charge in [-0.2, -0.15) is 0 Å². The van der Waals surface area contributed by atoms with Gasteiger partial charge in [0.15, 0.2) is 0 Å². The number of hydrogen-bond donors (Lipinski definition) is 0. The summed E-state index contributed by atoms with van der Waals surface area (Å²) in [6.45, 7) is -0.0249. The van der Waals surface area contributed by atoms with Crippen molar-refractivity contribution in [1.82, 2.24) is 0 Å². The molecule has 0 N–H and O–H groups in total. The Balaban J connectivity index is 1.38. The SMILES string of the molecule is c1ccc(-c2ccccc2N2c3ccccc3B3c4c(-c5ccccc5)cccc4-c4ccccc4-c4ccccc4-c4cccc2c43)cc1. The van der Waals surface area contributed by atoms with E-state index in [2.05, 4.69) is 199 Å². The molecule has 0 unspecified atom stereocenters. The normalized spacial score (nSPS) is 12.3. The summed E-state index contributed by atoms with van der Waals surface area (Å²) >= 11 is 0. The van der Waals surface area contributed by atoms with Crippen molar-refractivity contribution in [2.24, 2.45) is 0 Å². The first-order chi connectivity index (χ1) is 24.9. The zero-order valence-corrected chi connectivity index (χ0v) is 27.5. The zero-order chi connectivity index (χ0) is 33.0. The van der Waals surface area contributed by atoms with E-state index >= 15 is 0 Å². The van der Waals surface area contributed by atoms with Gasteiger partial charge in [-0.15, -0.1) is 0 Å². The first kappa shape index (κ1) is 28.6. The summed E-state index contributed by atoms with van der Waals surface area (Å²) in [6.07, 6.45) is 0. The molecule has 2 aliphatic rings. The standard InChI is InChI=1S/C48H32BN/c1-3-17-33(18-4-1)35-21-11-13-30-44(35)50-45-31-14-12-29-43(45)49-47-36(34-19-5-2-6-20-34)26-15-27-41(47)39-24-9-7-22-37(39)38-23-8-10-25-40(38)42-28-16-32-46(50)48(42)49/h1-32H. The first-order valence-electron chi connectivity index (χ1n) is 17.4. The van der Waals surface area contributed by atoms with Crippen LogP contribution in [0.1, 0.15) is 0 Å². The Morgan fingerprint density at radius 1 is 0.260 bits per heavy atom. The summed E-state index contributed by atoms with van der Waals surface area (Å²) in [5, 5.41) is 0. The van der Waals surface area contributed by atoms with Crippen LogP contribution in [0.4, 0.5) is 17.1 Å². The lowest BCUT2D eigenvalue weighted by molar-refractivity contribution is 1.29. The van der Waals surface area contributed by atoms with E-state index in [0.717, 1.165) is 0 Å². The van der Waals surface area contributed by atoms with Crippen LogP contribution >= 0.6 is 0 Å². The molecule has 50 heavy (non-hydrogen) atoms. The van der Waals surface area contributed by atoms with E-state index in [4.69, 9.17) is 0 Å². The predicted molar refractivity (Wildman–Crippen MR) is 213 cm³/mol. The van der Waals surface area contributed by atoms with Crippen molar-refractivity contribution in [2.45, 2.75) is 0 Å². The highest BCUT2D eigenvalue weighted by molar-refractivity contribution is 7.00. The summed E-state index contributed by atoms with van der Waals surface area (Å²) in [4.78, 5) is 2.52. The molecule has 10 rings (SSSR count). The third kappa shape index (κ3) is 4.35. The van der Waals surface area contributed by atoms with Crippen LogP contribution in [0.3, 0.4) is 0 Å². The maximum Gasteiger partial charge on any atom is 0.249 e. The maximum atomic E-state index is 2.52. The Kier molecular flexibility index (Phi) is 6.67. The molecule has 0 spiro atoms. The van der Waals surface area contributed by atoms with Crippen molar-refractivity contribution in [3.05, 3.63) is 194 Å². The van der Waals surface area contributed by atoms with Gasteiger partial charge in [-0.1, -0.05) is 181 Å². The second-order valence-corrected chi connectivity index (χ2v) is 13.2. The van der Waals surface area contributed by atoms with Crippen molar-refractivity contribution in [3.8, 4) is 55.6 Å². The van der Waals surface area contributed by atoms with Gasteiger partial charge < -0.3 is 4.90 Å². The average molecular weight is 634 g/mol. The fraction of sp³-hybridized carbons (Fsp3) is 0. The van der Waals surface area contributed by atoms with Crippen LogP contribution in [0, 0.1) is 0 Å². The quantitative estimate of drug-likeness (QED) is 0.175. The van der Waals surface area contributed by atoms with Crippen LogP contribution in [0.25, 0.3) is 55.6 Å². The molecule has 0 saturated carbocycles. The Bertz CT molecular complexity index is 2550. The molecule has 0 atom stereocenters. The lowest BCUT2D eigenvalue weighted by atomic mass is 9.32. The maximum absolute atomic E-state index is 2.52. The van der Waals surface area contributed by atoms with Crippen LogP contribution in [0.15, 0.2) is 194 Å². The minimum Gasteiger partial charge on any atom is -0.311 e. The average Bonchev–Trinajstić information content (AvgIpc) is 3.24. The molecule has 0 aromatic heterocycles. The van der Waals surface area contributed by atoms with Gasteiger partial charge in [0, 0.05) is 16.9 Å². The molecule has 0 saturated heterocycles. The van der Waals surface area contributed by atoms with Crippen molar-refractivity contribution < 1.29 is 0 Å². The van der Waals surface area contributed by atoms with Crippen molar-refractivity contribution in [3.63, 3.8) is 0 Å². The fourth-order valence-corrected chi connectivity index (χ4v) is 8.48. The molecule has 8 aromatic rings. The highest BCUT2D eigenvalue weighted by atomic mass is 15.2. The van der Waals surface area contributed by atoms with Gasteiger partial charge in [-0.25, -0.2) is 0 Å². The van der Waals surface area contributed by atoms with Gasteiger partial charge in [0.25, 0.3) is 0 Å². The van der Waals surface area contributed by atoms with Gasteiger partial charge in [0.2, 0.25) is 6.71 Å². The lowest BCUT2D eigenvalue weighted by Crippen LogP contribution is -2.58. The van der Waals surface area contributed by atoms with Crippen LogP contribution in [0.2, 0.25) is 0 Å². The molecular weight excluding hydrogens is 601 g/mol. The summed E-state index contributed by atoms with van der Waals surface area (Å²) in [5.41, 5.74) is 20.0. The van der Waals surface area contributed by atoms with Gasteiger partial charge >= 0.3 is 0 Å². The van der Waals surface area contributed by atoms with E-state index in [9.17, 15) is 0 Å². The van der Waals surface area contributed by atoms with E-state index in [1.165, 1.54) is 89.1 Å². The number of para-hydroxylation sites is 2. The Labute approximate surface area is 293 Å². The largest absolute Gasteiger partial charge is 0.311 e. The van der Waals surface area contributed by atoms with E-state index < -0.39 is 0 Å². The Hall–Kier alpha value is -6.38. The van der Waals surface area contributed by atoms with Crippen molar-refractivity contribution in [1.29, 1.82) is 0 Å². The number of rotatable bonds is 3. The molecule has 0 amide bonds. The molecular formula is C48H32BN. The minimum absolute atomic E-state index is 0.0249. The lowest BCUT2D eigenvalue weighted by Gasteiger charge is -2.39. The van der Waals surface area contributed by atoms with Gasteiger partial charge in [-0.05, 0) is 79.2 Å². The van der Waals surface area contributed by atoms with Gasteiger partial charge in [0.1, 0.15) is 0 Å². The minimum atomic E-state index is -0.0249. The molecule has 2 heterocycles. The topological polar surface area (TPSA) is 3.24 Å². The second kappa shape index (κ2) is 11.6. The third-order valence-electron chi connectivity index (χ3n) is 10.5. The van der Waals surface area contributed by atoms with Crippen molar-refractivity contribution >= 4 is 40.2 Å². The number of anilines is 3. The van der Waals surface area contributed by atoms with Crippen LogP contribution in [-0.2, 0) is 0 Å². The molecule has 0 bridgehead atoms. The number of fused-ring (bicyclic) bond motifs is 9. The van der Waals surface area contributed by atoms with E-state index in [1.54, 1.807) is 0 Å². The monoisotopic (exact) mass is 633 g/mol. The zero-order valence-electron chi connectivity index (χ0n) is 27.5. The number of hydrogen-bond acceptors (Lipinski definition) is 1. The smallest absolute Gasteiger partial charge is 0.249 e. The molecule has 2 aliphatic heterocycles. The third-order valence-corrected chi connectivity index (χ3v) is 10.5. The van der Waals surface area contributed by atoms with Crippen LogP contribution < -0.4 is 21.3 Å².